The Hall–Kier alpha value is -1.88. The van der Waals surface area contributed by atoms with E-state index < -0.39 is 11.8 Å². The van der Waals surface area contributed by atoms with Gasteiger partial charge in [-0.2, -0.15) is 0 Å². The zero-order valence-electron chi connectivity index (χ0n) is 16.0. The second-order valence-electron chi connectivity index (χ2n) is 6.93. The first-order valence-corrected chi connectivity index (χ1v) is 9.75. The molecule has 0 bridgehead atoms. The van der Waals surface area contributed by atoms with Crippen molar-refractivity contribution in [3.8, 4) is 0 Å². The van der Waals surface area contributed by atoms with Crippen LogP contribution >= 0.6 is 0 Å². The smallest absolute Gasteiger partial charge is 0.311 e. The van der Waals surface area contributed by atoms with E-state index in [-0.39, 0.29) is 11.9 Å². The van der Waals surface area contributed by atoms with Gasteiger partial charge in [0, 0.05) is 19.6 Å². The Balaban J connectivity index is 1.99. The normalized spacial score (nSPS) is 20.1. The third-order valence-corrected chi connectivity index (χ3v) is 4.73. The molecular weight excluding hydrogens is 330 g/mol. The summed E-state index contributed by atoms with van der Waals surface area (Å²) in [5, 5.41) is 0. The SMILES string of the molecule is CCCCOC(=O)[C@H]1CN(Cc2ccccc2)C[C@H]1C(=O)OCCCC. The van der Waals surface area contributed by atoms with Gasteiger partial charge in [0.15, 0.2) is 0 Å². The van der Waals surface area contributed by atoms with Crippen LogP contribution < -0.4 is 0 Å². The molecule has 0 amide bonds. The number of hydrogen-bond donors (Lipinski definition) is 0. The molecule has 5 heteroatoms. The van der Waals surface area contributed by atoms with Crippen LogP contribution in [0.15, 0.2) is 30.3 Å². The van der Waals surface area contributed by atoms with Crippen LogP contribution in [0.4, 0.5) is 0 Å². The fourth-order valence-electron chi connectivity index (χ4n) is 3.18. The highest BCUT2D eigenvalue weighted by Crippen LogP contribution is 2.27. The van der Waals surface area contributed by atoms with E-state index in [0.29, 0.717) is 26.3 Å². The van der Waals surface area contributed by atoms with E-state index in [2.05, 4.69) is 30.9 Å². The minimum Gasteiger partial charge on any atom is -0.465 e. The Morgan fingerprint density at radius 1 is 0.923 bits per heavy atom. The molecule has 5 nitrogen and oxygen atoms in total. The van der Waals surface area contributed by atoms with Crippen molar-refractivity contribution in [2.24, 2.45) is 11.8 Å². The van der Waals surface area contributed by atoms with Crippen LogP contribution in [0.1, 0.15) is 45.1 Å². The van der Waals surface area contributed by atoms with Gasteiger partial charge in [-0.3, -0.25) is 14.5 Å². The number of nitrogens with zero attached hydrogens (tertiary/aromatic N) is 1. The molecule has 2 atom stereocenters. The van der Waals surface area contributed by atoms with E-state index in [9.17, 15) is 9.59 Å². The van der Waals surface area contributed by atoms with E-state index in [1.165, 1.54) is 5.56 Å². The number of carbonyl (C=O) groups is 2. The highest BCUT2D eigenvalue weighted by Gasteiger charge is 2.43. The predicted octanol–water partition coefficient (Wildman–Crippen LogP) is 3.42. The first-order valence-electron chi connectivity index (χ1n) is 9.75. The van der Waals surface area contributed by atoms with E-state index in [1.807, 2.05) is 18.2 Å². The lowest BCUT2D eigenvalue weighted by Crippen LogP contribution is -2.31. The van der Waals surface area contributed by atoms with Crippen LogP contribution in [0.25, 0.3) is 0 Å². The maximum Gasteiger partial charge on any atom is 0.311 e. The lowest BCUT2D eigenvalue weighted by molar-refractivity contribution is -0.158. The Bertz CT molecular complexity index is 530. The highest BCUT2D eigenvalue weighted by atomic mass is 16.5. The molecule has 0 aromatic heterocycles. The maximum absolute atomic E-state index is 12.5. The van der Waals surface area contributed by atoms with Gasteiger partial charge in [0.25, 0.3) is 0 Å². The number of ether oxygens (including phenoxy) is 2. The molecule has 0 saturated carbocycles. The van der Waals surface area contributed by atoms with Crippen LogP contribution in [0, 0.1) is 11.8 Å². The summed E-state index contributed by atoms with van der Waals surface area (Å²) < 4.78 is 10.8. The number of hydrogen-bond acceptors (Lipinski definition) is 5. The summed E-state index contributed by atoms with van der Waals surface area (Å²) in [7, 11) is 0. The minimum absolute atomic E-state index is 0.272. The van der Waals surface area contributed by atoms with Crippen molar-refractivity contribution in [3.05, 3.63) is 35.9 Å². The van der Waals surface area contributed by atoms with Crippen molar-refractivity contribution in [2.45, 2.75) is 46.1 Å². The first-order chi connectivity index (χ1) is 12.7. The lowest BCUT2D eigenvalue weighted by Gasteiger charge is -2.16. The number of carbonyl (C=O) groups excluding carboxylic acids is 2. The van der Waals surface area contributed by atoms with E-state index in [0.717, 1.165) is 32.2 Å². The Labute approximate surface area is 156 Å². The summed E-state index contributed by atoms with van der Waals surface area (Å²) in [6.07, 6.45) is 3.64. The molecule has 0 spiro atoms. The third-order valence-electron chi connectivity index (χ3n) is 4.73. The lowest BCUT2D eigenvalue weighted by atomic mass is 9.96. The molecule has 0 unspecified atom stereocenters. The largest absolute Gasteiger partial charge is 0.465 e. The predicted molar refractivity (Wildman–Crippen MR) is 100 cm³/mol. The van der Waals surface area contributed by atoms with Gasteiger partial charge in [-0.25, -0.2) is 0 Å². The number of esters is 2. The van der Waals surface area contributed by atoms with Crippen LogP contribution in [-0.2, 0) is 25.6 Å². The van der Waals surface area contributed by atoms with Crippen LogP contribution in [0.2, 0.25) is 0 Å². The zero-order chi connectivity index (χ0) is 18.8. The molecule has 1 aliphatic rings. The molecule has 26 heavy (non-hydrogen) atoms. The molecule has 1 aliphatic heterocycles. The molecule has 0 aliphatic carbocycles. The number of benzene rings is 1. The first kappa shape index (κ1) is 20.4. The molecule has 1 heterocycles. The second kappa shape index (κ2) is 11.0. The molecule has 0 N–H and O–H groups in total. The minimum atomic E-state index is -0.440. The van der Waals surface area contributed by atoms with Gasteiger partial charge in [-0.1, -0.05) is 57.0 Å². The van der Waals surface area contributed by atoms with E-state index in [4.69, 9.17) is 9.47 Å². The van der Waals surface area contributed by atoms with Crippen molar-refractivity contribution >= 4 is 11.9 Å². The van der Waals surface area contributed by atoms with Gasteiger partial charge in [0.1, 0.15) is 0 Å². The van der Waals surface area contributed by atoms with Crippen molar-refractivity contribution in [2.75, 3.05) is 26.3 Å². The Morgan fingerprint density at radius 3 is 1.88 bits per heavy atom. The molecule has 2 rings (SSSR count). The van der Waals surface area contributed by atoms with Gasteiger partial charge < -0.3 is 9.47 Å². The number of rotatable bonds is 10. The number of unbranched alkanes of at least 4 members (excludes halogenated alkanes) is 2. The second-order valence-corrected chi connectivity index (χ2v) is 6.93. The molecule has 0 radical (unpaired) electrons. The topological polar surface area (TPSA) is 55.8 Å². The average molecular weight is 361 g/mol. The third kappa shape index (κ3) is 6.13. The molecule has 1 fully saturated rings. The molecular formula is C21H31NO4. The molecule has 1 aromatic carbocycles. The fraction of sp³-hybridized carbons (Fsp3) is 0.619. The zero-order valence-corrected chi connectivity index (χ0v) is 16.0. The summed E-state index contributed by atoms with van der Waals surface area (Å²) in [6, 6.07) is 10.1. The van der Waals surface area contributed by atoms with Gasteiger partial charge in [-0.15, -0.1) is 0 Å². The molecule has 144 valence electrons. The van der Waals surface area contributed by atoms with Crippen molar-refractivity contribution in [1.82, 2.24) is 4.90 Å². The van der Waals surface area contributed by atoms with Gasteiger partial charge in [0.05, 0.1) is 25.0 Å². The van der Waals surface area contributed by atoms with Crippen molar-refractivity contribution in [1.29, 1.82) is 0 Å². The summed E-state index contributed by atoms with van der Waals surface area (Å²) in [5.41, 5.74) is 1.17. The summed E-state index contributed by atoms with van der Waals surface area (Å²) in [5.74, 6) is -1.42. The maximum atomic E-state index is 12.5. The average Bonchev–Trinajstić information content (AvgIpc) is 3.07. The van der Waals surface area contributed by atoms with Crippen LogP contribution in [0.3, 0.4) is 0 Å². The standard InChI is InChI=1S/C21H31NO4/c1-3-5-12-25-20(23)18-15-22(14-17-10-8-7-9-11-17)16-19(18)21(24)26-13-6-4-2/h7-11,18-19H,3-6,12-16H2,1-2H3/t18-,19+. The summed E-state index contributed by atoms with van der Waals surface area (Å²) >= 11 is 0. The van der Waals surface area contributed by atoms with E-state index in [1.54, 1.807) is 0 Å². The quantitative estimate of drug-likeness (QED) is 0.472. The van der Waals surface area contributed by atoms with Gasteiger partial charge in [0.2, 0.25) is 0 Å². The van der Waals surface area contributed by atoms with Crippen LogP contribution in [0.5, 0.6) is 0 Å². The van der Waals surface area contributed by atoms with Crippen molar-refractivity contribution < 1.29 is 19.1 Å². The molecule has 1 saturated heterocycles. The summed E-state index contributed by atoms with van der Waals surface area (Å²) in [6.45, 7) is 6.74. The molecule has 1 aromatic rings. The fourth-order valence-corrected chi connectivity index (χ4v) is 3.18. The van der Waals surface area contributed by atoms with Gasteiger partial charge >= 0.3 is 11.9 Å². The van der Waals surface area contributed by atoms with Crippen molar-refractivity contribution in [3.63, 3.8) is 0 Å². The number of likely N-dealkylation sites (tertiary alicyclic amines) is 1. The van der Waals surface area contributed by atoms with Gasteiger partial charge in [-0.05, 0) is 18.4 Å². The Kier molecular flexibility index (Phi) is 8.62. The summed E-state index contributed by atoms with van der Waals surface area (Å²) in [4.78, 5) is 27.2. The van der Waals surface area contributed by atoms with E-state index >= 15 is 0 Å². The highest BCUT2D eigenvalue weighted by molar-refractivity contribution is 5.83. The monoisotopic (exact) mass is 361 g/mol. The Morgan fingerprint density at radius 2 is 1.42 bits per heavy atom. The van der Waals surface area contributed by atoms with Crippen LogP contribution in [-0.4, -0.2) is 43.1 Å².